The Kier molecular flexibility index (Phi) is 14.1. The first-order valence-electron chi connectivity index (χ1n) is 18.3. The predicted octanol–water partition coefficient (Wildman–Crippen LogP) is 10.9. The van der Waals surface area contributed by atoms with Gasteiger partial charge >= 0.3 is 11.9 Å². The first-order chi connectivity index (χ1) is 25.0. The topological polar surface area (TPSA) is 71.1 Å². The fourth-order valence-corrected chi connectivity index (χ4v) is 6.61. The van der Waals surface area contributed by atoms with Gasteiger partial charge in [0.1, 0.15) is 11.5 Å². The summed E-state index contributed by atoms with van der Waals surface area (Å²) in [7, 11) is 0. The van der Waals surface area contributed by atoms with Crippen LogP contribution in [0.2, 0.25) is 0 Å². The Labute approximate surface area is 303 Å². The zero-order valence-corrected chi connectivity index (χ0v) is 29.9. The number of hydrogen-bond donors (Lipinski definition) is 0. The van der Waals surface area contributed by atoms with E-state index in [1.165, 1.54) is 56.7 Å². The minimum atomic E-state index is -0.361. The Morgan fingerprint density at radius 1 is 0.529 bits per heavy atom. The molecule has 6 nitrogen and oxygen atoms in total. The third-order valence-corrected chi connectivity index (χ3v) is 9.36. The number of fused-ring (bicyclic) bond motifs is 3. The largest absolute Gasteiger partial charge is 0.494 e. The molecule has 6 heteroatoms. The highest BCUT2D eigenvalue weighted by Crippen LogP contribution is 2.48. The highest BCUT2D eigenvalue weighted by molar-refractivity contribution is 5.84. The van der Waals surface area contributed by atoms with Crippen molar-refractivity contribution in [3.63, 3.8) is 0 Å². The average molecular weight is 687 g/mol. The fourth-order valence-electron chi connectivity index (χ4n) is 6.61. The van der Waals surface area contributed by atoms with Gasteiger partial charge < -0.3 is 18.9 Å². The Hall–Kier alpha value is -5.10. The van der Waals surface area contributed by atoms with Gasteiger partial charge in [-0.2, -0.15) is 0 Å². The van der Waals surface area contributed by atoms with Crippen molar-refractivity contribution in [2.75, 3.05) is 26.4 Å². The van der Waals surface area contributed by atoms with E-state index < -0.39 is 0 Å². The third-order valence-electron chi connectivity index (χ3n) is 9.36. The first kappa shape index (κ1) is 37.2. The summed E-state index contributed by atoms with van der Waals surface area (Å²) in [4.78, 5) is 22.2. The van der Waals surface area contributed by atoms with Crippen LogP contribution in [-0.4, -0.2) is 38.4 Å². The van der Waals surface area contributed by atoms with Gasteiger partial charge in [0.15, 0.2) is 0 Å². The maximum atomic E-state index is 11.1. The monoisotopic (exact) mass is 686 g/mol. The molecule has 0 bridgehead atoms. The smallest absolute Gasteiger partial charge is 0.330 e. The number of ether oxygens (including phenoxy) is 4. The molecule has 0 N–H and O–H groups in total. The Morgan fingerprint density at radius 2 is 0.902 bits per heavy atom. The maximum absolute atomic E-state index is 11.1. The molecule has 0 radical (unpaired) electrons. The molecule has 4 aromatic carbocycles. The van der Waals surface area contributed by atoms with Gasteiger partial charge in [-0.05, 0) is 139 Å². The Bertz CT molecular complexity index is 1630. The molecule has 1 aliphatic rings. The second-order valence-electron chi connectivity index (χ2n) is 12.9. The number of carbonyl (C=O) groups excluding carboxylic acids is 2. The number of unbranched alkanes of at least 4 members (excludes halogenated alkanes) is 6. The minimum Gasteiger partial charge on any atom is -0.494 e. The van der Waals surface area contributed by atoms with Gasteiger partial charge in [0.05, 0.1) is 26.4 Å². The molecule has 0 spiro atoms. The Balaban J connectivity index is 1.11. The lowest BCUT2D eigenvalue weighted by Gasteiger charge is -2.14. The van der Waals surface area contributed by atoms with Crippen molar-refractivity contribution in [1.29, 1.82) is 0 Å². The van der Waals surface area contributed by atoms with Crippen LogP contribution in [0, 0.1) is 0 Å². The van der Waals surface area contributed by atoms with Crippen LogP contribution < -0.4 is 9.47 Å². The molecule has 0 aromatic heterocycles. The van der Waals surface area contributed by atoms with E-state index in [1.807, 2.05) is 0 Å². The number of rotatable bonds is 21. The van der Waals surface area contributed by atoms with Gasteiger partial charge in [-0.3, -0.25) is 0 Å². The van der Waals surface area contributed by atoms with Gasteiger partial charge in [0.2, 0.25) is 0 Å². The molecule has 0 aliphatic heterocycles. The maximum Gasteiger partial charge on any atom is 0.330 e. The van der Waals surface area contributed by atoms with E-state index in [-0.39, 0.29) is 11.9 Å². The van der Waals surface area contributed by atoms with E-state index in [2.05, 4.69) is 105 Å². The lowest BCUT2D eigenvalue weighted by molar-refractivity contribution is -0.138. The number of benzene rings is 4. The zero-order valence-electron chi connectivity index (χ0n) is 29.9. The lowest BCUT2D eigenvalue weighted by Crippen LogP contribution is -2.02. The molecule has 0 unspecified atom stereocenters. The van der Waals surface area contributed by atoms with Crippen LogP contribution in [0.1, 0.15) is 81.8 Å². The van der Waals surface area contributed by atoms with Crippen molar-refractivity contribution in [2.24, 2.45) is 0 Å². The minimum absolute atomic E-state index is 0.350. The highest BCUT2D eigenvalue weighted by atomic mass is 16.5. The van der Waals surface area contributed by atoms with Crippen LogP contribution in [-0.2, 0) is 19.1 Å². The molecule has 51 heavy (non-hydrogen) atoms. The first-order valence-corrected chi connectivity index (χ1v) is 18.3. The van der Waals surface area contributed by atoms with Crippen molar-refractivity contribution in [3.8, 4) is 44.9 Å². The van der Waals surface area contributed by atoms with Crippen molar-refractivity contribution >= 4 is 11.9 Å². The van der Waals surface area contributed by atoms with Crippen LogP contribution in [0.15, 0.2) is 110 Å². The fraction of sp³-hybridized carbons (Fsp3) is 0.333. The number of hydrogen-bond acceptors (Lipinski definition) is 6. The molecule has 4 aromatic rings. The predicted molar refractivity (Wildman–Crippen MR) is 205 cm³/mol. The van der Waals surface area contributed by atoms with Gasteiger partial charge in [-0.25, -0.2) is 9.59 Å². The van der Waals surface area contributed by atoms with E-state index in [9.17, 15) is 9.59 Å². The summed E-state index contributed by atoms with van der Waals surface area (Å²) in [6.45, 7) is 11.3. The molecule has 0 atom stereocenters. The molecule has 0 saturated heterocycles. The van der Waals surface area contributed by atoms with Gasteiger partial charge in [0, 0.05) is 18.1 Å². The summed E-state index contributed by atoms with van der Waals surface area (Å²) in [5.41, 5.74) is 10.2. The summed E-state index contributed by atoms with van der Waals surface area (Å²) in [5.74, 6) is 1.38. The quantitative estimate of drug-likeness (QED) is 0.0494. The van der Waals surface area contributed by atoms with Crippen molar-refractivity contribution in [1.82, 2.24) is 0 Å². The molecule has 0 heterocycles. The number of carbonyl (C=O) groups is 2. The lowest BCUT2D eigenvalue weighted by atomic mass is 9.91. The van der Waals surface area contributed by atoms with E-state index in [0.717, 1.165) is 69.3 Å². The van der Waals surface area contributed by atoms with Crippen molar-refractivity contribution in [2.45, 2.75) is 70.6 Å². The molecular weight excluding hydrogens is 636 g/mol. The van der Waals surface area contributed by atoms with E-state index in [4.69, 9.17) is 18.9 Å². The summed E-state index contributed by atoms with van der Waals surface area (Å²) < 4.78 is 22.0. The average Bonchev–Trinajstić information content (AvgIpc) is 3.49. The van der Waals surface area contributed by atoms with Crippen LogP contribution in [0.4, 0.5) is 0 Å². The molecular formula is C45H50O6. The molecule has 0 fully saturated rings. The summed E-state index contributed by atoms with van der Waals surface area (Å²) in [6.07, 6.45) is 11.1. The second kappa shape index (κ2) is 19.3. The summed E-state index contributed by atoms with van der Waals surface area (Å²) >= 11 is 0. The Morgan fingerprint density at radius 3 is 1.27 bits per heavy atom. The molecule has 266 valence electrons. The summed E-state index contributed by atoms with van der Waals surface area (Å²) in [5, 5.41) is 0. The van der Waals surface area contributed by atoms with E-state index in [1.54, 1.807) is 0 Å². The van der Waals surface area contributed by atoms with Crippen LogP contribution in [0.3, 0.4) is 0 Å². The van der Waals surface area contributed by atoms with Gasteiger partial charge in [-0.15, -0.1) is 0 Å². The van der Waals surface area contributed by atoms with E-state index in [0.29, 0.717) is 32.3 Å². The molecule has 0 saturated carbocycles. The van der Waals surface area contributed by atoms with Crippen LogP contribution >= 0.6 is 0 Å². The molecule has 5 rings (SSSR count). The normalized spacial score (nSPS) is 11.7. The second-order valence-corrected chi connectivity index (χ2v) is 12.9. The van der Waals surface area contributed by atoms with Gasteiger partial charge in [0.25, 0.3) is 0 Å². The van der Waals surface area contributed by atoms with Crippen LogP contribution in [0.5, 0.6) is 11.5 Å². The number of esters is 2. The molecule has 0 amide bonds. The summed E-state index contributed by atoms with van der Waals surface area (Å²) in [6, 6.07) is 30.6. The highest BCUT2D eigenvalue weighted by Gasteiger charge is 2.28. The standard InChI is InChI=1S/C45H50O6/c1-4-39-42-31-35(33-15-21-37(22-16-33)48-27-11-7-9-13-29-50-44(46)5-2)19-25-40(42)41-26-20-36(32-43(39)41)34-17-23-38(24-18-34)49-28-12-8-10-14-30-51-45(47)6-3/h5-6,15-26,31-32,39H,2-4,7-14,27-30H2,1H3. The third kappa shape index (κ3) is 10.5. The van der Waals surface area contributed by atoms with Gasteiger partial charge in [-0.1, -0.05) is 68.6 Å². The van der Waals surface area contributed by atoms with E-state index >= 15 is 0 Å². The zero-order chi connectivity index (χ0) is 35.8. The van der Waals surface area contributed by atoms with Crippen molar-refractivity contribution in [3.05, 3.63) is 121 Å². The van der Waals surface area contributed by atoms with Crippen LogP contribution in [0.25, 0.3) is 33.4 Å². The van der Waals surface area contributed by atoms with Crippen molar-refractivity contribution < 1.29 is 28.5 Å². The SMILES string of the molecule is C=CC(=O)OCCCCCCOc1ccc(-c2ccc3c(c2)C(CC)c2cc(-c4ccc(OCCCCCCOC(=O)C=C)cc4)ccc2-3)cc1. The molecule has 1 aliphatic carbocycles.